The normalized spacial score (nSPS) is 10.0. The smallest absolute Gasteiger partial charge is 0.325 e. The monoisotopic (exact) mass is 385 g/mol. The molecular formula is C19H19N3O6. The summed E-state index contributed by atoms with van der Waals surface area (Å²) in [6.45, 7) is 1.29. The van der Waals surface area contributed by atoms with Crippen LogP contribution in [0.4, 0.5) is 5.69 Å². The maximum Gasteiger partial charge on any atom is 0.325 e. The van der Waals surface area contributed by atoms with Crippen LogP contribution in [-0.4, -0.2) is 35.9 Å². The molecule has 0 spiro atoms. The van der Waals surface area contributed by atoms with E-state index in [1.165, 1.54) is 18.2 Å². The van der Waals surface area contributed by atoms with E-state index in [1.54, 1.807) is 0 Å². The number of hydrogen-bond donors (Lipinski definition) is 2. The molecule has 9 heteroatoms. The van der Waals surface area contributed by atoms with E-state index >= 15 is 0 Å². The van der Waals surface area contributed by atoms with Crippen LogP contribution in [-0.2, 0) is 20.9 Å². The molecule has 0 aliphatic rings. The first-order valence-corrected chi connectivity index (χ1v) is 8.36. The standard InChI is InChI=1S/C19H19N3O6/c1-13-5-2-3-6-15(13)10-20-17(23)12-28-18(24)11-21-19(25)14-7-4-8-16(9-14)22(26)27/h2-9H,10-12H2,1H3,(H,20,23)(H,21,25). The fourth-order valence-corrected chi connectivity index (χ4v) is 2.27. The Morgan fingerprint density at radius 3 is 2.54 bits per heavy atom. The number of nitro groups is 1. The van der Waals surface area contributed by atoms with E-state index in [0.29, 0.717) is 6.54 Å². The average Bonchev–Trinajstić information content (AvgIpc) is 2.69. The number of benzene rings is 2. The van der Waals surface area contributed by atoms with Gasteiger partial charge in [-0.25, -0.2) is 0 Å². The van der Waals surface area contributed by atoms with Crippen molar-refractivity contribution in [3.63, 3.8) is 0 Å². The molecule has 0 aromatic heterocycles. The molecule has 0 fully saturated rings. The fourth-order valence-electron chi connectivity index (χ4n) is 2.27. The van der Waals surface area contributed by atoms with Gasteiger partial charge in [-0.1, -0.05) is 30.3 Å². The minimum Gasteiger partial charge on any atom is -0.454 e. The van der Waals surface area contributed by atoms with E-state index < -0.39 is 35.9 Å². The maximum absolute atomic E-state index is 11.9. The van der Waals surface area contributed by atoms with Gasteiger partial charge >= 0.3 is 5.97 Å². The summed E-state index contributed by atoms with van der Waals surface area (Å²) in [6, 6.07) is 12.6. The third-order valence-electron chi connectivity index (χ3n) is 3.81. The number of carbonyl (C=O) groups is 3. The molecule has 28 heavy (non-hydrogen) atoms. The minimum absolute atomic E-state index is 0.0398. The quantitative estimate of drug-likeness (QED) is 0.403. The Balaban J connectivity index is 1.73. The van der Waals surface area contributed by atoms with Gasteiger partial charge in [0.25, 0.3) is 17.5 Å². The second-order valence-electron chi connectivity index (χ2n) is 5.85. The number of esters is 1. The Hall–Kier alpha value is -3.75. The summed E-state index contributed by atoms with van der Waals surface area (Å²) in [5.41, 5.74) is 1.79. The maximum atomic E-state index is 11.9. The van der Waals surface area contributed by atoms with Crippen molar-refractivity contribution in [3.05, 3.63) is 75.3 Å². The van der Waals surface area contributed by atoms with E-state index in [0.717, 1.165) is 17.2 Å². The van der Waals surface area contributed by atoms with E-state index in [-0.39, 0.29) is 11.3 Å². The van der Waals surface area contributed by atoms with Gasteiger partial charge in [-0.2, -0.15) is 0 Å². The molecule has 9 nitrogen and oxygen atoms in total. The Labute approximate surface area is 160 Å². The van der Waals surface area contributed by atoms with Gasteiger partial charge in [-0.15, -0.1) is 0 Å². The number of nitrogens with one attached hydrogen (secondary N) is 2. The fraction of sp³-hybridized carbons (Fsp3) is 0.211. The summed E-state index contributed by atoms with van der Waals surface area (Å²) >= 11 is 0. The molecule has 146 valence electrons. The topological polar surface area (TPSA) is 128 Å². The highest BCUT2D eigenvalue weighted by Gasteiger charge is 2.13. The molecule has 0 aliphatic carbocycles. The van der Waals surface area contributed by atoms with E-state index in [1.807, 2.05) is 31.2 Å². The number of amides is 2. The van der Waals surface area contributed by atoms with E-state index in [9.17, 15) is 24.5 Å². The number of hydrogen-bond acceptors (Lipinski definition) is 6. The molecule has 0 saturated carbocycles. The lowest BCUT2D eigenvalue weighted by atomic mass is 10.1. The molecule has 0 unspecified atom stereocenters. The largest absolute Gasteiger partial charge is 0.454 e. The van der Waals surface area contributed by atoms with Crippen LogP contribution >= 0.6 is 0 Å². The number of nitrogens with zero attached hydrogens (tertiary/aromatic N) is 1. The van der Waals surface area contributed by atoms with Crippen molar-refractivity contribution >= 4 is 23.5 Å². The van der Waals surface area contributed by atoms with Crippen molar-refractivity contribution in [1.29, 1.82) is 0 Å². The van der Waals surface area contributed by atoms with Gasteiger partial charge in [0.2, 0.25) is 0 Å². The average molecular weight is 385 g/mol. The predicted molar refractivity (Wildman–Crippen MR) is 99.4 cm³/mol. The molecule has 0 aliphatic heterocycles. The summed E-state index contributed by atoms with van der Waals surface area (Å²) in [7, 11) is 0. The molecule has 2 amide bonds. The third-order valence-corrected chi connectivity index (χ3v) is 3.81. The van der Waals surface area contributed by atoms with Gasteiger partial charge < -0.3 is 15.4 Å². The summed E-state index contributed by atoms with van der Waals surface area (Å²) in [5.74, 6) is -1.93. The molecule has 2 aromatic rings. The van der Waals surface area contributed by atoms with E-state index in [4.69, 9.17) is 4.74 Å². The molecule has 0 atom stereocenters. The molecular weight excluding hydrogens is 366 g/mol. The van der Waals surface area contributed by atoms with Crippen molar-refractivity contribution in [2.45, 2.75) is 13.5 Å². The van der Waals surface area contributed by atoms with Crippen molar-refractivity contribution in [1.82, 2.24) is 10.6 Å². The number of aryl methyl sites for hydroxylation is 1. The predicted octanol–water partition coefficient (Wildman–Crippen LogP) is 1.49. The molecule has 0 radical (unpaired) electrons. The third kappa shape index (κ3) is 6.20. The van der Waals surface area contributed by atoms with Crippen molar-refractivity contribution in [3.8, 4) is 0 Å². The highest BCUT2D eigenvalue weighted by atomic mass is 16.6. The Morgan fingerprint density at radius 1 is 1.07 bits per heavy atom. The molecule has 0 saturated heterocycles. The van der Waals surface area contributed by atoms with Crippen molar-refractivity contribution < 1.29 is 24.0 Å². The van der Waals surface area contributed by atoms with Crippen LogP contribution in [0.1, 0.15) is 21.5 Å². The number of non-ortho nitro benzene ring substituents is 1. The zero-order chi connectivity index (χ0) is 20.5. The van der Waals surface area contributed by atoms with Crippen LogP contribution in [0.15, 0.2) is 48.5 Å². The number of nitro benzene ring substituents is 1. The molecule has 2 aromatic carbocycles. The Kier molecular flexibility index (Phi) is 7.21. The number of carbonyl (C=O) groups excluding carboxylic acids is 3. The van der Waals surface area contributed by atoms with Gasteiger partial charge in [-0.3, -0.25) is 24.5 Å². The van der Waals surface area contributed by atoms with E-state index in [2.05, 4.69) is 10.6 Å². The lowest BCUT2D eigenvalue weighted by Gasteiger charge is -2.09. The van der Waals surface area contributed by atoms with Crippen molar-refractivity contribution in [2.24, 2.45) is 0 Å². The van der Waals surface area contributed by atoms with Crippen LogP contribution in [0.2, 0.25) is 0 Å². The van der Waals surface area contributed by atoms with Gasteiger partial charge in [0, 0.05) is 24.2 Å². The Morgan fingerprint density at radius 2 is 1.82 bits per heavy atom. The lowest BCUT2D eigenvalue weighted by Crippen LogP contribution is -2.33. The highest BCUT2D eigenvalue weighted by Crippen LogP contribution is 2.12. The molecule has 2 rings (SSSR count). The van der Waals surface area contributed by atoms with Gasteiger partial charge in [-0.05, 0) is 24.1 Å². The van der Waals surface area contributed by atoms with Gasteiger partial charge in [0.05, 0.1) is 4.92 Å². The van der Waals surface area contributed by atoms with Crippen LogP contribution < -0.4 is 10.6 Å². The second-order valence-corrected chi connectivity index (χ2v) is 5.85. The zero-order valence-electron chi connectivity index (χ0n) is 15.1. The zero-order valence-corrected chi connectivity index (χ0v) is 15.1. The second kappa shape index (κ2) is 9.81. The lowest BCUT2D eigenvalue weighted by molar-refractivity contribution is -0.384. The first kappa shape index (κ1) is 20.6. The summed E-state index contributed by atoms with van der Waals surface area (Å²) < 4.78 is 4.80. The molecule has 0 heterocycles. The van der Waals surface area contributed by atoms with Gasteiger partial charge in [0.15, 0.2) is 6.61 Å². The first-order valence-electron chi connectivity index (χ1n) is 8.36. The number of rotatable bonds is 8. The van der Waals surface area contributed by atoms with Crippen LogP contribution in [0.25, 0.3) is 0 Å². The molecule has 2 N–H and O–H groups in total. The summed E-state index contributed by atoms with van der Waals surface area (Å²) in [4.78, 5) is 45.4. The van der Waals surface area contributed by atoms with Crippen molar-refractivity contribution in [2.75, 3.05) is 13.2 Å². The highest BCUT2D eigenvalue weighted by molar-refractivity contribution is 5.96. The number of ether oxygens (including phenoxy) is 1. The van der Waals surface area contributed by atoms with Gasteiger partial charge in [0.1, 0.15) is 6.54 Å². The summed E-state index contributed by atoms with van der Waals surface area (Å²) in [5, 5.41) is 15.6. The summed E-state index contributed by atoms with van der Waals surface area (Å²) in [6.07, 6.45) is 0. The molecule has 0 bridgehead atoms. The Bertz CT molecular complexity index is 897. The first-order chi connectivity index (χ1) is 13.4. The van der Waals surface area contributed by atoms with Crippen LogP contribution in [0, 0.1) is 17.0 Å². The van der Waals surface area contributed by atoms with Crippen LogP contribution in [0.5, 0.6) is 0 Å². The SMILES string of the molecule is Cc1ccccc1CNC(=O)COC(=O)CNC(=O)c1cccc([N+](=O)[O-])c1. The van der Waals surface area contributed by atoms with Crippen LogP contribution in [0.3, 0.4) is 0 Å². The minimum atomic E-state index is -0.801.